The number of benzene rings is 1. The number of nitrogens with one attached hydrogen (secondary N) is 1. The molecule has 0 fully saturated rings. The van der Waals surface area contributed by atoms with Crippen molar-refractivity contribution in [1.82, 2.24) is 4.98 Å². The second-order valence-electron chi connectivity index (χ2n) is 5.23. The summed E-state index contributed by atoms with van der Waals surface area (Å²) in [7, 11) is 0. The third-order valence-corrected chi connectivity index (χ3v) is 4.73. The molecule has 0 unspecified atom stereocenters. The highest BCUT2D eigenvalue weighted by molar-refractivity contribution is 9.10. The van der Waals surface area contributed by atoms with Crippen molar-refractivity contribution >= 4 is 21.7 Å². The molecule has 2 nitrogen and oxygen atoms in total. The molecule has 20 heavy (non-hydrogen) atoms. The molecule has 0 saturated carbocycles. The lowest BCUT2D eigenvalue weighted by Crippen LogP contribution is -2.08. The molecule has 0 bridgehead atoms. The van der Waals surface area contributed by atoms with Crippen molar-refractivity contribution in [2.75, 3.05) is 11.9 Å². The van der Waals surface area contributed by atoms with Crippen molar-refractivity contribution in [2.24, 2.45) is 0 Å². The van der Waals surface area contributed by atoms with Crippen LogP contribution >= 0.6 is 15.9 Å². The van der Waals surface area contributed by atoms with Crippen LogP contribution in [0.15, 0.2) is 28.7 Å². The molecule has 2 rings (SSSR count). The topological polar surface area (TPSA) is 24.9 Å². The fraction of sp³-hybridized carbons (Fsp3) is 0.353. The van der Waals surface area contributed by atoms with E-state index in [0.29, 0.717) is 0 Å². The van der Waals surface area contributed by atoms with Gasteiger partial charge >= 0.3 is 0 Å². The number of aryl methyl sites for hydroxylation is 2. The molecular weight excluding hydrogens is 312 g/mol. The van der Waals surface area contributed by atoms with Crippen molar-refractivity contribution in [1.29, 1.82) is 0 Å². The highest BCUT2D eigenvalue weighted by Crippen LogP contribution is 2.18. The summed E-state index contributed by atoms with van der Waals surface area (Å²) in [6, 6.07) is 8.48. The molecule has 0 atom stereocenters. The number of hydrogen-bond donors (Lipinski definition) is 1. The Morgan fingerprint density at radius 1 is 1.00 bits per heavy atom. The number of halogens is 1. The monoisotopic (exact) mass is 332 g/mol. The van der Waals surface area contributed by atoms with Crippen LogP contribution in [0.25, 0.3) is 0 Å². The van der Waals surface area contributed by atoms with Crippen LogP contribution in [0.5, 0.6) is 0 Å². The lowest BCUT2D eigenvalue weighted by atomic mass is 9.97. The van der Waals surface area contributed by atoms with Gasteiger partial charge in [-0.1, -0.05) is 12.1 Å². The molecule has 0 radical (unpaired) electrons. The second kappa shape index (κ2) is 6.40. The Bertz CT molecular complexity index is 621. The van der Waals surface area contributed by atoms with E-state index in [1.54, 1.807) is 0 Å². The highest BCUT2D eigenvalue weighted by Gasteiger charge is 2.04. The molecule has 0 aliphatic heterocycles. The number of anilines is 1. The van der Waals surface area contributed by atoms with Crippen LogP contribution in [0.1, 0.15) is 27.9 Å². The van der Waals surface area contributed by atoms with E-state index in [0.717, 1.165) is 29.0 Å². The van der Waals surface area contributed by atoms with E-state index in [-0.39, 0.29) is 0 Å². The molecule has 1 N–H and O–H groups in total. The minimum absolute atomic E-state index is 0.900. The smallest absolute Gasteiger partial charge is 0.126 e. The largest absolute Gasteiger partial charge is 0.370 e. The summed E-state index contributed by atoms with van der Waals surface area (Å²) in [5.74, 6) is 0.937. The summed E-state index contributed by atoms with van der Waals surface area (Å²) >= 11 is 3.47. The zero-order valence-corrected chi connectivity index (χ0v) is 14.1. The Balaban J connectivity index is 1.99. The standard InChI is InChI=1S/C17H21BrN2/c1-11-5-6-15(13(3)12(11)2)9-10-19-17-8-7-16(18)14(4)20-17/h5-8H,9-10H2,1-4H3,(H,19,20). The van der Waals surface area contributed by atoms with Crippen LogP contribution in [0.4, 0.5) is 5.82 Å². The maximum Gasteiger partial charge on any atom is 0.126 e. The number of nitrogens with zero attached hydrogens (tertiary/aromatic N) is 1. The predicted octanol–water partition coefficient (Wildman–Crippen LogP) is 4.73. The molecule has 0 saturated heterocycles. The van der Waals surface area contributed by atoms with E-state index in [2.05, 4.69) is 59.1 Å². The zero-order valence-electron chi connectivity index (χ0n) is 12.5. The fourth-order valence-corrected chi connectivity index (χ4v) is 2.47. The average Bonchev–Trinajstić information content (AvgIpc) is 2.43. The lowest BCUT2D eigenvalue weighted by molar-refractivity contribution is 0.981. The van der Waals surface area contributed by atoms with Gasteiger partial charge in [0.15, 0.2) is 0 Å². The molecule has 2 aromatic rings. The number of aromatic nitrogens is 1. The van der Waals surface area contributed by atoms with Crippen LogP contribution in [0, 0.1) is 27.7 Å². The zero-order chi connectivity index (χ0) is 14.7. The van der Waals surface area contributed by atoms with Gasteiger partial charge in [0.05, 0.1) is 5.69 Å². The maximum absolute atomic E-state index is 4.50. The lowest BCUT2D eigenvalue weighted by Gasteiger charge is -2.12. The Morgan fingerprint density at radius 3 is 2.45 bits per heavy atom. The van der Waals surface area contributed by atoms with Gasteiger partial charge in [-0.3, -0.25) is 0 Å². The van der Waals surface area contributed by atoms with Crippen LogP contribution < -0.4 is 5.32 Å². The third-order valence-electron chi connectivity index (χ3n) is 3.89. The van der Waals surface area contributed by atoms with Gasteiger partial charge in [0.2, 0.25) is 0 Å². The van der Waals surface area contributed by atoms with E-state index in [4.69, 9.17) is 0 Å². The summed E-state index contributed by atoms with van der Waals surface area (Å²) < 4.78 is 1.05. The molecule has 0 aliphatic rings. The Labute approximate surface area is 129 Å². The van der Waals surface area contributed by atoms with Crippen LogP contribution in [-0.4, -0.2) is 11.5 Å². The molecule has 3 heteroatoms. The van der Waals surface area contributed by atoms with Gasteiger partial charge in [0.25, 0.3) is 0 Å². The fourth-order valence-electron chi connectivity index (χ4n) is 2.25. The van der Waals surface area contributed by atoms with Gasteiger partial charge in [-0.15, -0.1) is 0 Å². The summed E-state index contributed by atoms with van der Waals surface area (Å²) in [6.07, 6.45) is 1.02. The maximum atomic E-state index is 4.50. The molecule has 0 spiro atoms. The molecule has 0 amide bonds. The minimum atomic E-state index is 0.900. The molecule has 1 aromatic carbocycles. The van der Waals surface area contributed by atoms with Gasteiger partial charge in [0, 0.05) is 11.0 Å². The third kappa shape index (κ3) is 3.40. The van der Waals surface area contributed by atoms with E-state index < -0.39 is 0 Å². The van der Waals surface area contributed by atoms with E-state index >= 15 is 0 Å². The first-order valence-corrected chi connectivity index (χ1v) is 7.71. The van der Waals surface area contributed by atoms with Crippen molar-refractivity contribution < 1.29 is 0 Å². The number of hydrogen-bond acceptors (Lipinski definition) is 2. The first-order chi connectivity index (χ1) is 9.49. The molecule has 1 aromatic heterocycles. The van der Waals surface area contributed by atoms with Gasteiger partial charge < -0.3 is 5.32 Å². The summed E-state index contributed by atoms with van der Waals surface area (Å²) in [6.45, 7) is 9.47. The molecular formula is C17H21BrN2. The van der Waals surface area contributed by atoms with Crippen molar-refractivity contribution in [3.8, 4) is 0 Å². The SMILES string of the molecule is Cc1ccc(CCNc2ccc(Br)c(C)n2)c(C)c1C. The Kier molecular flexibility index (Phi) is 4.81. The number of pyridine rings is 1. The van der Waals surface area contributed by atoms with E-state index in [1.165, 1.54) is 22.3 Å². The molecule has 106 valence electrons. The van der Waals surface area contributed by atoms with E-state index in [9.17, 15) is 0 Å². The summed E-state index contributed by atoms with van der Waals surface area (Å²) in [5.41, 5.74) is 6.60. The van der Waals surface area contributed by atoms with Crippen LogP contribution in [0.3, 0.4) is 0 Å². The van der Waals surface area contributed by atoms with Gasteiger partial charge in [-0.25, -0.2) is 4.98 Å². The second-order valence-corrected chi connectivity index (χ2v) is 6.09. The van der Waals surface area contributed by atoms with E-state index in [1.807, 2.05) is 19.1 Å². The summed E-state index contributed by atoms with van der Waals surface area (Å²) in [4.78, 5) is 4.50. The van der Waals surface area contributed by atoms with Gasteiger partial charge in [-0.05, 0) is 84.4 Å². The molecule has 1 heterocycles. The van der Waals surface area contributed by atoms with Crippen molar-refractivity contribution in [3.63, 3.8) is 0 Å². The number of rotatable bonds is 4. The quantitative estimate of drug-likeness (QED) is 0.875. The normalized spacial score (nSPS) is 10.7. The minimum Gasteiger partial charge on any atom is -0.370 e. The van der Waals surface area contributed by atoms with Crippen molar-refractivity contribution in [3.05, 3.63) is 56.7 Å². The first kappa shape index (κ1) is 15.0. The first-order valence-electron chi connectivity index (χ1n) is 6.91. The summed E-state index contributed by atoms with van der Waals surface area (Å²) in [5, 5.41) is 3.39. The predicted molar refractivity (Wildman–Crippen MR) is 89.5 cm³/mol. The van der Waals surface area contributed by atoms with Crippen LogP contribution in [-0.2, 0) is 6.42 Å². The average molecular weight is 333 g/mol. The molecule has 0 aliphatic carbocycles. The Hall–Kier alpha value is -1.35. The van der Waals surface area contributed by atoms with Crippen LogP contribution in [0.2, 0.25) is 0 Å². The highest BCUT2D eigenvalue weighted by atomic mass is 79.9. The van der Waals surface area contributed by atoms with Gasteiger partial charge in [0.1, 0.15) is 5.82 Å². The Morgan fingerprint density at radius 2 is 1.75 bits per heavy atom. The van der Waals surface area contributed by atoms with Crippen molar-refractivity contribution in [2.45, 2.75) is 34.1 Å². The van der Waals surface area contributed by atoms with Gasteiger partial charge in [-0.2, -0.15) is 0 Å².